The number of hydrogen-bond acceptors (Lipinski definition) is 6. The number of carbonyl (C=O) groups excluding carboxylic acids is 4. The van der Waals surface area contributed by atoms with E-state index < -0.39 is 35.5 Å². The van der Waals surface area contributed by atoms with Gasteiger partial charge in [0, 0.05) is 13.6 Å². The van der Waals surface area contributed by atoms with Crippen LogP contribution in [0.4, 0.5) is 4.79 Å². The maximum Gasteiger partial charge on any atom is 0.408 e. The van der Waals surface area contributed by atoms with Crippen LogP contribution in [0.3, 0.4) is 0 Å². The van der Waals surface area contributed by atoms with E-state index >= 15 is 0 Å². The number of alkyl carbamates (subject to hydrolysis) is 1. The van der Waals surface area contributed by atoms with E-state index in [4.69, 9.17) is 9.47 Å². The van der Waals surface area contributed by atoms with E-state index in [1.54, 1.807) is 39.8 Å². The summed E-state index contributed by atoms with van der Waals surface area (Å²) in [5, 5.41) is 5.09. The van der Waals surface area contributed by atoms with Crippen molar-refractivity contribution < 1.29 is 28.7 Å². The predicted octanol–water partition coefficient (Wildman–Crippen LogP) is 2.09. The van der Waals surface area contributed by atoms with Gasteiger partial charge in [-0.2, -0.15) is 0 Å². The molecule has 1 aromatic rings. The third-order valence-corrected chi connectivity index (χ3v) is 4.23. The first-order valence-electron chi connectivity index (χ1n) is 10.2. The molecule has 172 valence electrons. The van der Waals surface area contributed by atoms with Gasteiger partial charge < -0.3 is 25.0 Å². The molecule has 0 saturated carbocycles. The first kappa shape index (κ1) is 25.9. The average molecular weight is 436 g/mol. The molecule has 0 saturated heterocycles. The van der Waals surface area contributed by atoms with Crippen LogP contribution in [0, 0.1) is 6.92 Å². The lowest BCUT2D eigenvalue weighted by atomic mass is 9.99. The van der Waals surface area contributed by atoms with Crippen LogP contribution in [0.2, 0.25) is 0 Å². The summed E-state index contributed by atoms with van der Waals surface area (Å²) in [6, 6.07) is 6.27. The second-order valence-corrected chi connectivity index (χ2v) is 7.97. The van der Waals surface area contributed by atoms with Crippen molar-refractivity contribution in [3.05, 3.63) is 35.4 Å². The maximum absolute atomic E-state index is 12.9. The number of ether oxygens (including phenoxy) is 2. The molecule has 0 bridgehead atoms. The molecule has 0 fully saturated rings. The van der Waals surface area contributed by atoms with Crippen LogP contribution in [0.15, 0.2) is 24.3 Å². The van der Waals surface area contributed by atoms with E-state index in [0.29, 0.717) is 5.56 Å². The van der Waals surface area contributed by atoms with Crippen LogP contribution in [-0.2, 0) is 23.9 Å². The Morgan fingerprint density at radius 3 is 2.32 bits per heavy atom. The van der Waals surface area contributed by atoms with Crippen molar-refractivity contribution in [1.29, 1.82) is 0 Å². The van der Waals surface area contributed by atoms with Crippen molar-refractivity contribution in [3.63, 3.8) is 0 Å². The first-order chi connectivity index (χ1) is 14.5. The second kappa shape index (κ2) is 11.9. The van der Waals surface area contributed by atoms with Crippen LogP contribution in [0.5, 0.6) is 0 Å². The van der Waals surface area contributed by atoms with E-state index in [0.717, 1.165) is 5.56 Å². The highest BCUT2D eigenvalue weighted by molar-refractivity contribution is 5.90. The molecule has 2 N–H and O–H groups in total. The van der Waals surface area contributed by atoms with Crippen molar-refractivity contribution in [2.45, 2.75) is 52.7 Å². The summed E-state index contributed by atoms with van der Waals surface area (Å²) in [6.07, 6.45) is -0.696. The lowest BCUT2D eigenvalue weighted by Crippen LogP contribution is -2.46. The standard InChI is InChI=1S/C22H33N3O6/c1-7-30-18(27)12-13-23-20(28)19(16-11-9-8-10-15(16)2)25(6)17(26)14-24-21(29)31-22(3,4)5/h8-11,19H,7,12-14H2,1-6H3,(H,23,28)(H,24,29). The van der Waals surface area contributed by atoms with Gasteiger partial charge in [0.15, 0.2) is 0 Å². The molecule has 0 aliphatic carbocycles. The molecule has 1 atom stereocenters. The SMILES string of the molecule is CCOC(=O)CCNC(=O)C(c1ccccc1C)N(C)C(=O)CNC(=O)OC(C)(C)C. The quantitative estimate of drug-likeness (QED) is 0.574. The number of benzene rings is 1. The minimum atomic E-state index is -0.934. The predicted molar refractivity (Wildman–Crippen MR) is 115 cm³/mol. The molecule has 1 unspecified atom stereocenters. The van der Waals surface area contributed by atoms with Crippen LogP contribution >= 0.6 is 0 Å². The van der Waals surface area contributed by atoms with Gasteiger partial charge in [0.2, 0.25) is 11.8 Å². The summed E-state index contributed by atoms with van der Waals surface area (Å²) in [5.41, 5.74) is 0.777. The van der Waals surface area contributed by atoms with E-state index in [9.17, 15) is 19.2 Å². The molecule has 1 rings (SSSR count). The van der Waals surface area contributed by atoms with Gasteiger partial charge in [-0.15, -0.1) is 0 Å². The maximum atomic E-state index is 12.9. The normalized spacial score (nSPS) is 11.8. The molecule has 0 aliphatic heterocycles. The fourth-order valence-electron chi connectivity index (χ4n) is 2.77. The Labute approximate surface area is 183 Å². The number of carbonyl (C=O) groups is 4. The fraction of sp³-hybridized carbons (Fsp3) is 0.545. The molecule has 1 aromatic carbocycles. The number of rotatable bonds is 9. The number of hydrogen-bond donors (Lipinski definition) is 2. The molecule has 3 amide bonds. The highest BCUT2D eigenvalue weighted by Crippen LogP contribution is 2.23. The summed E-state index contributed by atoms with van der Waals surface area (Å²) < 4.78 is 9.99. The topological polar surface area (TPSA) is 114 Å². The molecule has 0 aliphatic rings. The van der Waals surface area contributed by atoms with Gasteiger partial charge in [-0.3, -0.25) is 14.4 Å². The molecule has 9 nitrogen and oxygen atoms in total. The first-order valence-corrected chi connectivity index (χ1v) is 10.2. The minimum Gasteiger partial charge on any atom is -0.466 e. The minimum absolute atomic E-state index is 0.0257. The zero-order valence-electron chi connectivity index (χ0n) is 19.1. The highest BCUT2D eigenvalue weighted by atomic mass is 16.6. The zero-order valence-corrected chi connectivity index (χ0v) is 19.1. The van der Waals surface area contributed by atoms with Crippen molar-refractivity contribution in [1.82, 2.24) is 15.5 Å². The van der Waals surface area contributed by atoms with Gasteiger partial charge >= 0.3 is 12.1 Å². The smallest absolute Gasteiger partial charge is 0.408 e. The highest BCUT2D eigenvalue weighted by Gasteiger charge is 2.30. The summed E-state index contributed by atoms with van der Waals surface area (Å²) in [4.78, 5) is 50.3. The largest absolute Gasteiger partial charge is 0.466 e. The van der Waals surface area contributed by atoms with Crippen LogP contribution < -0.4 is 10.6 Å². The van der Waals surface area contributed by atoms with Crippen LogP contribution in [0.1, 0.15) is 51.3 Å². The van der Waals surface area contributed by atoms with Gasteiger partial charge in [0.1, 0.15) is 18.2 Å². The van der Waals surface area contributed by atoms with Gasteiger partial charge in [-0.05, 0) is 45.7 Å². The number of amides is 3. The Bertz CT molecular complexity index is 788. The molecule has 9 heteroatoms. The van der Waals surface area contributed by atoms with Crippen LogP contribution in [0.25, 0.3) is 0 Å². The second-order valence-electron chi connectivity index (χ2n) is 7.97. The average Bonchev–Trinajstić information content (AvgIpc) is 2.66. The molecular weight excluding hydrogens is 402 g/mol. The van der Waals surface area contributed by atoms with Crippen molar-refractivity contribution in [2.75, 3.05) is 26.7 Å². The number of nitrogens with zero attached hydrogens (tertiary/aromatic N) is 1. The van der Waals surface area contributed by atoms with Gasteiger partial charge in [-0.25, -0.2) is 4.79 Å². The summed E-state index contributed by atoms with van der Waals surface area (Å²) in [5.74, 6) is -1.33. The van der Waals surface area contributed by atoms with E-state index in [1.165, 1.54) is 11.9 Å². The third kappa shape index (κ3) is 9.06. The van der Waals surface area contributed by atoms with E-state index in [2.05, 4.69) is 10.6 Å². The van der Waals surface area contributed by atoms with Crippen molar-refractivity contribution in [2.24, 2.45) is 0 Å². The Balaban J connectivity index is 2.89. The van der Waals surface area contributed by atoms with Gasteiger partial charge in [-0.1, -0.05) is 24.3 Å². The summed E-state index contributed by atoms with van der Waals surface area (Å²) >= 11 is 0. The summed E-state index contributed by atoms with van der Waals surface area (Å²) in [6.45, 7) is 8.71. The third-order valence-electron chi connectivity index (χ3n) is 4.23. The molecule has 0 radical (unpaired) electrons. The Hall–Kier alpha value is -3.10. The van der Waals surface area contributed by atoms with Gasteiger partial charge in [0.25, 0.3) is 0 Å². The number of likely N-dealkylation sites (N-methyl/N-ethyl adjacent to an activating group) is 1. The Morgan fingerprint density at radius 2 is 1.74 bits per heavy atom. The number of aryl methyl sites for hydroxylation is 1. The fourth-order valence-corrected chi connectivity index (χ4v) is 2.77. The van der Waals surface area contributed by atoms with Crippen LogP contribution in [-0.4, -0.2) is 61.1 Å². The molecule has 0 spiro atoms. The molecule has 0 heterocycles. The molecule has 0 aromatic heterocycles. The molecular formula is C22H33N3O6. The van der Waals surface area contributed by atoms with E-state index in [-0.39, 0.29) is 26.1 Å². The lowest BCUT2D eigenvalue weighted by Gasteiger charge is -2.29. The number of esters is 1. The Kier molecular flexibility index (Phi) is 9.98. The van der Waals surface area contributed by atoms with E-state index in [1.807, 2.05) is 19.1 Å². The lowest BCUT2D eigenvalue weighted by molar-refractivity contribution is -0.143. The van der Waals surface area contributed by atoms with Crippen molar-refractivity contribution >= 4 is 23.9 Å². The molecule has 31 heavy (non-hydrogen) atoms. The summed E-state index contributed by atoms with van der Waals surface area (Å²) in [7, 11) is 1.49. The Morgan fingerprint density at radius 1 is 1.10 bits per heavy atom. The van der Waals surface area contributed by atoms with Crippen molar-refractivity contribution in [3.8, 4) is 0 Å². The zero-order chi connectivity index (χ0) is 23.6. The van der Waals surface area contributed by atoms with Gasteiger partial charge in [0.05, 0.1) is 13.0 Å². The monoisotopic (exact) mass is 435 g/mol. The number of nitrogens with one attached hydrogen (secondary N) is 2.